The van der Waals surface area contributed by atoms with E-state index in [9.17, 15) is 9.90 Å². The molecule has 1 amide bonds. The maximum Gasteiger partial charge on any atom is 0.223 e. The standard InChI is InChI=1S/C18H26N2O2/c1-14(21)20-11-8-15-12-16(6-7-17(15)20)18(22)13-19-9-4-2-3-5-10-19/h6-7,12,18,22H,2-5,8-11,13H2,1H3. The van der Waals surface area contributed by atoms with E-state index in [1.54, 1.807) is 6.92 Å². The Morgan fingerprint density at radius 3 is 2.59 bits per heavy atom. The Kier molecular flexibility index (Phi) is 4.79. The number of anilines is 1. The van der Waals surface area contributed by atoms with Crippen molar-refractivity contribution < 1.29 is 9.90 Å². The average Bonchev–Trinajstić information content (AvgIpc) is 2.77. The number of amides is 1. The predicted octanol–water partition coefficient (Wildman–Crippen LogP) is 2.51. The molecule has 120 valence electrons. The van der Waals surface area contributed by atoms with E-state index in [4.69, 9.17) is 0 Å². The van der Waals surface area contributed by atoms with Crippen molar-refractivity contribution in [3.8, 4) is 0 Å². The van der Waals surface area contributed by atoms with E-state index in [2.05, 4.69) is 11.0 Å². The molecule has 0 aromatic heterocycles. The van der Waals surface area contributed by atoms with Crippen LogP contribution in [-0.4, -0.2) is 42.1 Å². The van der Waals surface area contributed by atoms with Crippen LogP contribution in [-0.2, 0) is 11.2 Å². The van der Waals surface area contributed by atoms with Gasteiger partial charge in [0.1, 0.15) is 0 Å². The number of nitrogens with zero attached hydrogens (tertiary/aromatic N) is 2. The van der Waals surface area contributed by atoms with Crippen molar-refractivity contribution in [2.75, 3.05) is 31.1 Å². The third-order valence-corrected chi connectivity index (χ3v) is 4.89. The van der Waals surface area contributed by atoms with Gasteiger partial charge >= 0.3 is 0 Å². The molecule has 1 aromatic rings. The first-order valence-corrected chi connectivity index (χ1v) is 8.46. The average molecular weight is 302 g/mol. The first-order valence-electron chi connectivity index (χ1n) is 8.46. The van der Waals surface area contributed by atoms with Crippen LogP contribution in [0.4, 0.5) is 5.69 Å². The molecule has 1 atom stereocenters. The van der Waals surface area contributed by atoms with Crippen LogP contribution < -0.4 is 4.90 Å². The molecule has 1 aromatic carbocycles. The van der Waals surface area contributed by atoms with Gasteiger partial charge in [-0.3, -0.25) is 4.79 Å². The summed E-state index contributed by atoms with van der Waals surface area (Å²) < 4.78 is 0. The lowest BCUT2D eigenvalue weighted by molar-refractivity contribution is -0.116. The molecule has 3 rings (SSSR count). The van der Waals surface area contributed by atoms with E-state index in [0.29, 0.717) is 0 Å². The van der Waals surface area contributed by atoms with Crippen LogP contribution in [0.3, 0.4) is 0 Å². The molecule has 4 nitrogen and oxygen atoms in total. The molecule has 4 heteroatoms. The largest absolute Gasteiger partial charge is 0.387 e. The molecule has 2 heterocycles. The Morgan fingerprint density at radius 1 is 1.18 bits per heavy atom. The number of hydrogen-bond donors (Lipinski definition) is 1. The highest BCUT2D eigenvalue weighted by Crippen LogP contribution is 2.31. The molecule has 0 spiro atoms. The number of β-amino-alcohol motifs (C(OH)–C–C–N with tert-alkyl or cyclic N) is 1. The fourth-order valence-electron chi connectivity index (χ4n) is 3.62. The van der Waals surface area contributed by atoms with Crippen molar-refractivity contribution in [3.05, 3.63) is 29.3 Å². The number of aliphatic hydroxyl groups is 1. The van der Waals surface area contributed by atoms with Crippen molar-refractivity contribution in [1.29, 1.82) is 0 Å². The van der Waals surface area contributed by atoms with Crippen LogP contribution in [0.25, 0.3) is 0 Å². The van der Waals surface area contributed by atoms with Gasteiger partial charge in [-0.15, -0.1) is 0 Å². The van der Waals surface area contributed by atoms with E-state index in [0.717, 1.165) is 43.9 Å². The maximum absolute atomic E-state index is 11.6. The highest BCUT2D eigenvalue weighted by Gasteiger charge is 2.23. The minimum Gasteiger partial charge on any atom is -0.387 e. The van der Waals surface area contributed by atoms with E-state index >= 15 is 0 Å². The third kappa shape index (κ3) is 3.33. The van der Waals surface area contributed by atoms with Crippen molar-refractivity contribution >= 4 is 11.6 Å². The van der Waals surface area contributed by atoms with Gasteiger partial charge < -0.3 is 14.9 Å². The Morgan fingerprint density at radius 2 is 1.91 bits per heavy atom. The lowest BCUT2D eigenvalue weighted by atomic mass is 10.0. The van der Waals surface area contributed by atoms with Crippen molar-refractivity contribution in [3.63, 3.8) is 0 Å². The second kappa shape index (κ2) is 6.80. The number of likely N-dealkylation sites (tertiary alicyclic amines) is 1. The SMILES string of the molecule is CC(=O)N1CCc2cc(C(O)CN3CCCCCC3)ccc21. The number of aliphatic hydroxyl groups excluding tert-OH is 1. The zero-order valence-corrected chi connectivity index (χ0v) is 13.4. The molecular formula is C18H26N2O2. The quantitative estimate of drug-likeness (QED) is 0.933. The van der Waals surface area contributed by atoms with Gasteiger partial charge in [0.15, 0.2) is 0 Å². The summed E-state index contributed by atoms with van der Waals surface area (Å²) in [7, 11) is 0. The minimum absolute atomic E-state index is 0.0941. The van der Waals surface area contributed by atoms with Crippen molar-refractivity contribution in [2.45, 2.75) is 45.1 Å². The highest BCUT2D eigenvalue weighted by atomic mass is 16.3. The normalized spacial score (nSPS) is 20.5. The first kappa shape index (κ1) is 15.5. The van der Waals surface area contributed by atoms with Gasteiger partial charge in [0.2, 0.25) is 5.91 Å². The summed E-state index contributed by atoms with van der Waals surface area (Å²) in [5.74, 6) is 0.0941. The number of hydrogen-bond acceptors (Lipinski definition) is 3. The van der Waals surface area contributed by atoms with Gasteiger partial charge in [0, 0.05) is 25.7 Å². The van der Waals surface area contributed by atoms with Crippen molar-refractivity contribution in [1.82, 2.24) is 4.90 Å². The second-order valence-corrected chi connectivity index (χ2v) is 6.54. The summed E-state index contributed by atoms with van der Waals surface area (Å²) in [6, 6.07) is 6.05. The third-order valence-electron chi connectivity index (χ3n) is 4.89. The first-order chi connectivity index (χ1) is 10.6. The van der Waals surface area contributed by atoms with Gasteiger partial charge in [0.25, 0.3) is 0 Å². The molecule has 0 radical (unpaired) electrons. The number of carbonyl (C=O) groups is 1. The summed E-state index contributed by atoms with van der Waals surface area (Å²) in [6.45, 7) is 5.28. The van der Waals surface area contributed by atoms with E-state index < -0.39 is 6.10 Å². The second-order valence-electron chi connectivity index (χ2n) is 6.54. The van der Waals surface area contributed by atoms with E-state index in [1.807, 2.05) is 17.0 Å². The Labute approximate surface area is 132 Å². The van der Waals surface area contributed by atoms with E-state index in [1.165, 1.54) is 31.2 Å². The van der Waals surface area contributed by atoms with Gasteiger partial charge in [-0.25, -0.2) is 0 Å². The van der Waals surface area contributed by atoms with Crippen LogP contribution in [0.15, 0.2) is 18.2 Å². The zero-order chi connectivity index (χ0) is 15.5. The summed E-state index contributed by atoms with van der Waals surface area (Å²) in [4.78, 5) is 15.8. The molecule has 1 fully saturated rings. The zero-order valence-electron chi connectivity index (χ0n) is 13.4. The molecule has 0 saturated carbocycles. The number of rotatable bonds is 3. The number of fused-ring (bicyclic) bond motifs is 1. The Balaban J connectivity index is 1.68. The fourth-order valence-corrected chi connectivity index (χ4v) is 3.62. The van der Waals surface area contributed by atoms with Gasteiger partial charge in [0.05, 0.1) is 6.10 Å². The van der Waals surface area contributed by atoms with Crippen LogP contribution in [0.2, 0.25) is 0 Å². The lowest BCUT2D eigenvalue weighted by Gasteiger charge is -2.24. The topological polar surface area (TPSA) is 43.8 Å². The molecule has 1 saturated heterocycles. The van der Waals surface area contributed by atoms with Gasteiger partial charge in [-0.1, -0.05) is 25.0 Å². The molecule has 1 N–H and O–H groups in total. The molecule has 0 bridgehead atoms. The predicted molar refractivity (Wildman–Crippen MR) is 88.0 cm³/mol. The highest BCUT2D eigenvalue weighted by molar-refractivity contribution is 5.93. The van der Waals surface area contributed by atoms with Crippen LogP contribution in [0.5, 0.6) is 0 Å². The molecule has 2 aliphatic heterocycles. The molecule has 2 aliphatic rings. The van der Waals surface area contributed by atoms with Gasteiger partial charge in [-0.2, -0.15) is 0 Å². The fraction of sp³-hybridized carbons (Fsp3) is 0.611. The molecule has 22 heavy (non-hydrogen) atoms. The van der Waals surface area contributed by atoms with Gasteiger partial charge in [-0.05, 0) is 49.5 Å². The smallest absolute Gasteiger partial charge is 0.223 e. The lowest BCUT2D eigenvalue weighted by Crippen LogP contribution is -2.29. The summed E-state index contributed by atoms with van der Waals surface area (Å²) in [5, 5.41) is 10.5. The van der Waals surface area contributed by atoms with E-state index in [-0.39, 0.29) is 5.91 Å². The van der Waals surface area contributed by atoms with Crippen LogP contribution in [0.1, 0.15) is 49.8 Å². The molecule has 0 aliphatic carbocycles. The van der Waals surface area contributed by atoms with Crippen molar-refractivity contribution in [2.24, 2.45) is 0 Å². The monoisotopic (exact) mass is 302 g/mol. The number of carbonyl (C=O) groups excluding carboxylic acids is 1. The van der Waals surface area contributed by atoms with Crippen LogP contribution >= 0.6 is 0 Å². The minimum atomic E-state index is -0.435. The molecular weight excluding hydrogens is 276 g/mol. The summed E-state index contributed by atoms with van der Waals surface area (Å²) >= 11 is 0. The molecule has 1 unspecified atom stereocenters. The number of benzene rings is 1. The summed E-state index contributed by atoms with van der Waals surface area (Å²) in [6.07, 6.45) is 5.56. The van der Waals surface area contributed by atoms with Crippen LogP contribution in [0, 0.1) is 0 Å². The Bertz CT molecular complexity index is 536. The maximum atomic E-state index is 11.6. The summed E-state index contributed by atoms with van der Waals surface area (Å²) in [5.41, 5.74) is 3.18. The Hall–Kier alpha value is -1.39.